The molecular weight excluding hydrogens is 290 g/mol. The van der Waals surface area contributed by atoms with Crippen molar-refractivity contribution in [2.75, 3.05) is 19.6 Å². The van der Waals surface area contributed by atoms with Gasteiger partial charge in [0.15, 0.2) is 0 Å². The number of phenols is 1. The molecule has 0 saturated carbocycles. The standard InChI is InChI=1S/C19H23NO3/c21-17-8-6-15(7-9-17)18(22)14-20-12-10-19(23,11-13-20)16-4-2-1-3-5-16/h1-9,18,21-23H,10-14H2. The molecule has 4 heteroatoms. The molecule has 2 aromatic rings. The number of aliphatic hydroxyl groups excluding tert-OH is 1. The van der Waals surface area contributed by atoms with Crippen molar-refractivity contribution in [3.63, 3.8) is 0 Å². The average Bonchev–Trinajstić information content (AvgIpc) is 2.58. The molecule has 0 spiro atoms. The van der Waals surface area contributed by atoms with Gasteiger partial charge in [0.2, 0.25) is 0 Å². The third-order valence-electron chi connectivity index (χ3n) is 4.70. The second kappa shape index (κ2) is 6.71. The number of aromatic hydroxyl groups is 1. The van der Waals surface area contributed by atoms with Crippen LogP contribution in [-0.2, 0) is 5.60 Å². The topological polar surface area (TPSA) is 63.9 Å². The van der Waals surface area contributed by atoms with Crippen molar-refractivity contribution < 1.29 is 15.3 Å². The second-order valence-electron chi connectivity index (χ2n) is 6.31. The van der Waals surface area contributed by atoms with Gasteiger partial charge in [-0.05, 0) is 36.1 Å². The Kier molecular flexibility index (Phi) is 4.66. The Balaban J connectivity index is 1.58. The summed E-state index contributed by atoms with van der Waals surface area (Å²) >= 11 is 0. The monoisotopic (exact) mass is 313 g/mol. The minimum absolute atomic E-state index is 0.201. The molecule has 0 aromatic heterocycles. The van der Waals surface area contributed by atoms with Crippen LogP contribution in [0.3, 0.4) is 0 Å². The van der Waals surface area contributed by atoms with Crippen molar-refractivity contribution in [1.29, 1.82) is 0 Å². The Morgan fingerprint density at radius 3 is 2.17 bits per heavy atom. The van der Waals surface area contributed by atoms with E-state index < -0.39 is 11.7 Å². The number of hydrogen-bond acceptors (Lipinski definition) is 4. The summed E-state index contributed by atoms with van der Waals surface area (Å²) in [4.78, 5) is 2.18. The molecule has 1 saturated heterocycles. The van der Waals surface area contributed by atoms with Gasteiger partial charge in [0, 0.05) is 19.6 Å². The van der Waals surface area contributed by atoms with Crippen LogP contribution in [0, 0.1) is 0 Å². The van der Waals surface area contributed by atoms with Crippen LogP contribution >= 0.6 is 0 Å². The van der Waals surface area contributed by atoms with Crippen molar-refractivity contribution >= 4 is 0 Å². The zero-order valence-electron chi connectivity index (χ0n) is 13.1. The van der Waals surface area contributed by atoms with Crippen molar-refractivity contribution in [2.45, 2.75) is 24.5 Å². The lowest BCUT2D eigenvalue weighted by Crippen LogP contribution is -2.43. The fourth-order valence-electron chi connectivity index (χ4n) is 3.19. The minimum atomic E-state index is -0.763. The fourth-order valence-corrected chi connectivity index (χ4v) is 3.19. The summed E-state index contributed by atoms with van der Waals surface area (Å²) in [5, 5.41) is 30.5. The number of hydrogen-bond donors (Lipinski definition) is 3. The van der Waals surface area contributed by atoms with Crippen LogP contribution in [0.15, 0.2) is 54.6 Å². The molecule has 23 heavy (non-hydrogen) atoms. The molecule has 3 rings (SSSR count). The van der Waals surface area contributed by atoms with E-state index >= 15 is 0 Å². The second-order valence-corrected chi connectivity index (χ2v) is 6.31. The van der Waals surface area contributed by atoms with Crippen molar-refractivity contribution in [3.8, 4) is 5.75 Å². The fraction of sp³-hybridized carbons (Fsp3) is 0.368. The zero-order chi connectivity index (χ0) is 16.3. The van der Waals surface area contributed by atoms with E-state index in [9.17, 15) is 15.3 Å². The molecule has 1 unspecified atom stereocenters. The van der Waals surface area contributed by atoms with Crippen LogP contribution in [0.2, 0.25) is 0 Å². The molecule has 0 amide bonds. The van der Waals surface area contributed by atoms with Crippen LogP contribution in [0.25, 0.3) is 0 Å². The Morgan fingerprint density at radius 1 is 0.957 bits per heavy atom. The third-order valence-corrected chi connectivity index (χ3v) is 4.70. The molecule has 122 valence electrons. The Bertz CT molecular complexity index is 619. The minimum Gasteiger partial charge on any atom is -0.508 e. The van der Waals surface area contributed by atoms with E-state index in [-0.39, 0.29) is 5.75 Å². The molecule has 0 radical (unpaired) electrons. The number of likely N-dealkylation sites (tertiary alicyclic amines) is 1. The van der Waals surface area contributed by atoms with Crippen molar-refractivity contribution in [1.82, 2.24) is 4.90 Å². The number of aliphatic hydroxyl groups is 2. The average molecular weight is 313 g/mol. The molecule has 1 fully saturated rings. The first-order chi connectivity index (χ1) is 11.1. The maximum Gasteiger partial charge on any atom is 0.115 e. The highest BCUT2D eigenvalue weighted by molar-refractivity contribution is 5.27. The van der Waals surface area contributed by atoms with Gasteiger partial charge in [-0.25, -0.2) is 0 Å². The molecule has 1 atom stereocenters. The van der Waals surface area contributed by atoms with Gasteiger partial charge in [-0.15, -0.1) is 0 Å². The molecule has 4 nitrogen and oxygen atoms in total. The predicted molar refractivity (Wildman–Crippen MR) is 89.1 cm³/mol. The zero-order valence-corrected chi connectivity index (χ0v) is 13.1. The van der Waals surface area contributed by atoms with Crippen molar-refractivity contribution in [2.24, 2.45) is 0 Å². The molecule has 1 heterocycles. The molecule has 0 bridgehead atoms. The van der Waals surface area contributed by atoms with Crippen LogP contribution in [-0.4, -0.2) is 39.9 Å². The number of nitrogens with zero attached hydrogens (tertiary/aromatic N) is 1. The molecular formula is C19H23NO3. The van der Waals surface area contributed by atoms with Gasteiger partial charge in [0.1, 0.15) is 5.75 Å². The SMILES string of the molecule is Oc1ccc(C(O)CN2CCC(O)(c3ccccc3)CC2)cc1. The molecule has 2 aromatic carbocycles. The van der Waals surface area contributed by atoms with E-state index in [0.717, 1.165) is 24.2 Å². The van der Waals surface area contributed by atoms with Gasteiger partial charge >= 0.3 is 0 Å². The highest BCUT2D eigenvalue weighted by atomic mass is 16.3. The Morgan fingerprint density at radius 2 is 1.57 bits per heavy atom. The Hall–Kier alpha value is -1.88. The summed E-state index contributed by atoms with van der Waals surface area (Å²) < 4.78 is 0. The van der Waals surface area contributed by atoms with Crippen molar-refractivity contribution in [3.05, 3.63) is 65.7 Å². The third kappa shape index (κ3) is 3.72. The molecule has 1 aliphatic heterocycles. The van der Waals surface area contributed by atoms with Gasteiger partial charge < -0.3 is 20.2 Å². The molecule has 1 aliphatic rings. The summed E-state index contributed by atoms with van der Waals surface area (Å²) in [6, 6.07) is 16.5. The lowest BCUT2D eigenvalue weighted by molar-refractivity contribution is -0.0344. The van der Waals surface area contributed by atoms with Gasteiger partial charge in [-0.3, -0.25) is 0 Å². The van der Waals surface area contributed by atoms with Crippen LogP contribution in [0.4, 0.5) is 0 Å². The largest absolute Gasteiger partial charge is 0.508 e. The van der Waals surface area contributed by atoms with Gasteiger partial charge in [-0.2, -0.15) is 0 Å². The van der Waals surface area contributed by atoms with Gasteiger partial charge in [0.05, 0.1) is 11.7 Å². The molecule has 3 N–H and O–H groups in total. The lowest BCUT2D eigenvalue weighted by Gasteiger charge is -2.39. The maximum atomic E-state index is 10.8. The van der Waals surface area contributed by atoms with Crippen LogP contribution in [0.1, 0.15) is 30.1 Å². The number of β-amino-alcohol motifs (C(OH)–C–C–N with tert-alkyl or cyclic N) is 1. The maximum absolute atomic E-state index is 10.8. The molecule has 0 aliphatic carbocycles. The van der Waals surface area contributed by atoms with Crippen LogP contribution in [0.5, 0.6) is 5.75 Å². The summed E-state index contributed by atoms with van der Waals surface area (Å²) in [6.45, 7) is 2.04. The number of phenolic OH excluding ortho intramolecular Hbond substituents is 1. The van der Waals surface area contributed by atoms with E-state index in [1.165, 1.54) is 0 Å². The highest BCUT2D eigenvalue weighted by Gasteiger charge is 2.34. The predicted octanol–water partition coefficient (Wildman–Crippen LogP) is 2.41. The van der Waals surface area contributed by atoms with E-state index in [4.69, 9.17) is 0 Å². The van der Waals surface area contributed by atoms with Gasteiger partial charge in [0.25, 0.3) is 0 Å². The number of rotatable bonds is 4. The normalized spacial score (nSPS) is 19.4. The van der Waals surface area contributed by atoms with E-state index in [1.54, 1.807) is 24.3 Å². The summed E-state index contributed by atoms with van der Waals surface area (Å²) in [5.74, 6) is 0.201. The first kappa shape index (κ1) is 16.0. The van der Waals surface area contributed by atoms with E-state index in [1.807, 2.05) is 30.3 Å². The first-order valence-corrected chi connectivity index (χ1v) is 8.04. The van der Waals surface area contributed by atoms with Crippen LogP contribution < -0.4 is 0 Å². The number of piperidine rings is 1. The summed E-state index contributed by atoms with van der Waals surface area (Å²) in [7, 11) is 0. The lowest BCUT2D eigenvalue weighted by atomic mass is 9.84. The highest BCUT2D eigenvalue weighted by Crippen LogP contribution is 2.33. The summed E-state index contributed by atoms with van der Waals surface area (Å²) in [6.07, 6.45) is 0.747. The quantitative estimate of drug-likeness (QED) is 0.811. The van der Waals surface area contributed by atoms with E-state index in [2.05, 4.69) is 4.90 Å². The first-order valence-electron chi connectivity index (χ1n) is 8.04. The smallest absolute Gasteiger partial charge is 0.115 e. The number of benzene rings is 2. The van der Waals surface area contributed by atoms with Gasteiger partial charge in [-0.1, -0.05) is 42.5 Å². The summed E-state index contributed by atoms with van der Waals surface area (Å²) in [5.41, 5.74) is 1.01. The van der Waals surface area contributed by atoms with E-state index in [0.29, 0.717) is 19.4 Å². The Labute approximate surface area is 136 Å².